The highest BCUT2D eigenvalue weighted by Crippen LogP contribution is 2.29. The molecule has 8 nitrogen and oxygen atoms in total. The molecule has 1 aromatic heterocycles. The fourth-order valence-electron chi connectivity index (χ4n) is 4.94. The van der Waals surface area contributed by atoms with Crippen molar-refractivity contribution in [3.63, 3.8) is 0 Å². The molecule has 0 bridgehead atoms. The number of hydrogen-bond acceptors (Lipinski definition) is 5. The number of likely N-dealkylation sites (tertiary alicyclic amines) is 1. The number of benzene rings is 1. The van der Waals surface area contributed by atoms with E-state index in [4.69, 9.17) is 4.74 Å². The number of carbonyl (C=O) groups excluding carboxylic acids is 2. The van der Waals surface area contributed by atoms with E-state index >= 15 is 0 Å². The lowest BCUT2D eigenvalue weighted by Crippen LogP contribution is -2.51. The fraction of sp³-hybridized carbons (Fsp3) is 0.542. The van der Waals surface area contributed by atoms with Crippen molar-refractivity contribution in [3.05, 3.63) is 53.6 Å². The van der Waals surface area contributed by atoms with Gasteiger partial charge in [-0.15, -0.1) is 0 Å². The van der Waals surface area contributed by atoms with E-state index < -0.39 is 0 Å². The van der Waals surface area contributed by atoms with E-state index in [1.54, 1.807) is 6.33 Å². The summed E-state index contributed by atoms with van der Waals surface area (Å²) in [5, 5.41) is 0. The highest BCUT2D eigenvalue weighted by atomic mass is 16.5. The number of ether oxygens (including phenoxy) is 1. The van der Waals surface area contributed by atoms with Crippen LogP contribution in [0.25, 0.3) is 0 Å². The Bertz CT molecular complexity index is 959. The van der Waals surface area contributed by atoms with Gasteiger partial charge in [-0.25, -0.2) is 4.98 Å². The van der Waals surface area contributed by atoms with Crippen LogP contribution in [-0.2, 0) is 22.7 Å². The first-order valence-corrected chi connectivity index (χ1v) is 11.6. The summed E-state index contributed by atoms with van der Waals surface area (Å²) in [4.78, 5) is 36.6. The number of nitrogens with zero attached hydrogens (tertiary/aromatic N) is 5. The van der Waals surface area contributed by atoms with Gasteiger partial charge in [0.25, 0.3) is 5.91 Å². The molecule has 3 aliphatic heterocycles. The lowest BCUT2D eigenvalue weighted by atomic mass is 9.94. The number of piperazine rings is 1. The van der Waals surface area contributed by atoms with Gasteiger partial charge in [-0.2, -0.15) is 0 Å². The smallest absolute Gasteiger partial charge is 0.274 e. The molecule has 170 valence electrons. The number of likely N-dealkylation sites (N-methyl/N-ethyl adjacent to an activating group) is 1. The molecule has 8 heteroatoms. The lowest BCUT2D eigenvalue weighted by Gasteiger charge is -2.37. The summed E-state index contributed by atoms with van der Waals surface area (Å²) in [6, 6.07) is 10.1. The van der Waals surface area contributed by atoms with E-state index in [0.29, 0.717) is 31.9 Å². The maximum Gasteiger partial charge on any atom is 0.274 e. The molecule has 32 heavy (non-hydrogen) atoms. The Balaban J connectivity index is 1.19. The number of imidazole rings is 1. The molecule has 1 atom stereocenters. The van der Waals surface area contributed by atoms with E-state index in [0.717, 1.165) is 50.3 Å². The number of hydrogen-bond donors (Lipinski definition) is 0. The van der Waals surface area contributed by atoms with E-state index in [2.05, 4.69) is 29.1 Å². The lowest BCUT2D eigenvalue weighted by molar-refractivity contribution is -0.138. The second-order valence-electron chi connectivity index (χ2n) is 9.10. The average Bonchev–Trinajstić information content (AvgIpc) is 3.27. The Morgan fingerprint density at radius 1 is 0.969 bits per heavy atom. The quantitative estimate of drug-likeness (QED) is 0.732. The molecule has 0 N–H and O–H groups in total. The predicted octanol–water partition coefficient (Wildman–Crippen LogP) is 1.78. The van der Waals surface area contributed by atoms with Gasteiger partial charge in [0.05, 0.1) is 25.2 Å². The van der Waals surface area contributed by atoms with Crippen LogP contribution in [0.1, 0.15) is 40.7 Å². The van der Waals surface area contributed by atoms with Gasteiger partial charge in [-0.05, 0) is 25.5 Å². The first-order chi connectivity index (χ1) is 15.6. The molecule has 2 saturated heterocycles. The molecule has 4 heterocycles. The Kier molecular flexibility index (Phi) is 5.97. The predicted molar refractivity (Wildman–Crippen MR) is 119 cm³/mol. The van der Waals surface area contributed by atoms with Crippen LogP contribution in [0.3, 0.4) is 0 Å². The van der Waals surface area contributed by atoms with E-state index in [-0.39, 0.29) is 23.8 Å². The summed E-state index contributed by atoms with van der Waals surface area (Å²) in [5.74, 6) is 0.226. The molecular weight excluding hydrogens is 406 g/mol. The Morgan fingerprint density at radius 2 is 1.69 bits per heavy atom. The molecule has 1 aromatic carbocycles. The summed E-state index contributed by atoms with van der Waals surface area (Å²) >= 11 is 0. The SMILES string of the molecule is CN1CCN(C(=O)C2CCN(C(=O)c3ncn4c3CO[C@H](c3ccccc3)C4)CC2)CC1. The van der Waals surface area contributed by atoms with Crippen molar-refractivity contribution in [2.24, 2.45) is 5.92 Å². The van der Waals surface area contributed by atoms with Crippen molar-refractivity contribution in [1.29, 1.82) is 0 Å². The molecule has 2 aromatic rings. The van der Waals surface area contributed by atoms with Crippen LogP contribution in [0.5, 0.6) is 0 Å². The average molecular weight is 438 g/mol. The first kappa shape index (κ1) is 21.2. The van der Waals surface area contributed by atoms with Crippen LogP contribution in [0.4, 0.5) is 0 Å². The van der Waals surface area contributed by atoms with E-state index in [9.17, 15) is 9.59 Å². The van der Waals surface area contributed by atoms with Crippen molar-refractivity contribution in [2.45, 2.75) is 32.1 Å². The van der Waals surface area contributed by atoms with Crippen LogP contribution in [0.15, 0.2) is 36.7 Å². The first-order valence-electron chi connectivity index (χ1n) is 11.6. The highest BCUT2D eigenvalue weighted by molar-refractivity contribution is 5.93. The number of aromatic nitrogens is 2. The summed E-state index contributed by atoms with van der Waals surface area (Å²) in [5.41, 5.74) is 2.46. The van der Waals surface area contributed by atoms with Crippen LogP contribution >= 0.6 is 0 Å². The van der Waals surface area contributed by atoms with Gasteiger partial charge in [-0.3, -0.25) is 9.59 Å². The third-order valence-corrected chi connectivity index (χ3v) is 7.05. The zero-order chi connectivity index (χ0) is 22.1. The second-order valence-corrected chi connectivity index (χ2v) is 9.10. The zero-order valence-corrected chi connectivity index (χ0v) is 18.7. The van der Waals surface area contributed by atoms with Crippen LogP contribution in [0, 0.1) is 5.92 Å². The highest BCUT2D eigenvalue weighted by Gasteiger charge is 2.34. The topological polar surface area (TPSA) is 70.9 Å². The molecule has 0 unspecified atom stereocenters. The summed E-state index contributed by atoms with van der Waals surface area (Å²) in [6.07, 6.45) is 3.17. The van der Waals surface area contributed by atoms with Crippen molar-refractivity contribution in [1.82, 2.24) is 24.3 Å². The van der Waals surface area contributed by atoms with E-state index in [1.165, 1.54) is 0 Å². The largest absolute Gasteiger partial charge is 0.365 e. The zero-order valence-electron chi connectivity index (χ0n) is 18.7. The molecule has 0 spiro atoms. The molecule has 5 rings (SSSR count). The molecule has 2 fully saturated rings. The van der Waals surface area contributed by atoms with Crippen LogP contribution in [-0.4, -0.2) is 82.4 Å². The van der Waals surface area contributed by atoms with Gasteiger partial charge in [-0.1, -0.05) is 30.3 Å². The standard InChI is InChI=1S/C24H31N5O3/c1-26-11-13-28(14-12-26)23(30)19-7-9-27(10-8-19)24(31)22-20-16-32-21(15-29(20)17-25-22)18-5-3-2-4-6-18/h2-6,17,19,21H,7-16H2,1H3/t21-/m0/s1. The van der Waals surface area contributed by atoms with Gasteiger partial charge >= 0.3 is 0 Å². The molecular formula is C24H31N5O3. The molecule has 0 saturated carbocycles. The number of fused-ring (bicyclic) bond motifs is 1. The number of rotatable bonds is 3. The summed E-state index contributed by atoms with van der Waals surface area (Å²) in [7, 11) is 2.09. The van der Waals surface area contributed by atoms with Crippen molar-refractivity contribution < 1.29 is 14.3 Å². The van der Waals surface area contributed by atoms with Gasteiger partial charge < -0.3 is 24.0 Å². The minimum atomic E-state index is -0.0500. The number of amides is 2. The van der Waals surface area contributed by atoms with Crippen molar-refractivity contribution in [2.75, 3.05) is 46.3 Å². The summed E-state index contributed by atoms with van der Waals surface area (Å²) in [6.45, 7) is 5.70. The Morgan fingerprint density at radius 3 is 2.41 bits per heavy atom. The maximum absolute atomic E-state index is 13.2. The third kappa shape index (κ3) is 4.17. The van der Waals surface area contributed by atoms with Crippen molar-refractivity contribution in [3.8, 4) is 0 Å². The Hall–Kier alpha value is -2.71. The molecule has 0 aliphatic carbocycles. The monoisotopic (exact) mass is 437 g/mol. The third-order valence-electron chi connectivity index (χ3n) is 7.05. The van der Waals surface area contributed by atoms with Gasteiger partial charge in [0.1, 0.15) is 6.10 Å². The van der Waals surface area contributed by atoms with Crippen LogP contribution < -0.4 is 0 Å². The number of carbonyl (C=O) groups is 2. The Labute approximate surface area is 188 Å². The van der Waals surface area contributed by atoms with E-state index in [1.807, 2.05) is 32.6 Å². The minimum absolute atomic E-state index is 0.0216. The maximum atomic E-state index is 13.2. The fourth-order valence-corrected chi connectivity index (χ4v) is 4.94. The van der Waals surface area contributed by atoms with Gasteiger partial charge in [0, 0.05) is 45.2 Å². The normalized spacial score (nSPS) is 22.6. The minimum Gasteiger partial charge on any atom is -0.365 e. The van der Waals surface area contributed by atoms with Crippen molar-refractivity contribution >= 4 is 11.8 Å². The molecule has 3 aliphatic rings. The molecule has 2 amide bonds. The second kappa shape index (κ2) is 9.03. The summed E-state index contributed by atoms with van der Waals surface area (Å²) < 4.78 is 8.10. The number of piperidine rings is 1. The van der Waals surface area contributed by atoms with Gasteiger partial charge in [0.15, 0.2) is 5.69 Å². The van der Waals surface area contributed by atoms with Gasteiger partial charge in [0.2, 0.25) is 5.91 Å². The van der Waals surface area contributed by atoms with Crippen LogP contribution in [0.2, 0.25) is 0 Å². The molecule has 0 radical (unpaired) electrons.